The summed E-state index contributed by atoms with van der Waals surface area (Å²) in [6.07, 6.45) is 3.92. The van der Waals surface area contributed by atoms with Gasteiger partial charge in [-0.2, -0.15) is 4.31 Å². The highest BCUT2D eigenvalue weighted by atomic mass is 79.9. The molecule has 0 saturated heterocycles. The van der Waals surface area contributed by atoms with Crippen LogP contribution in [0, 0.1) is 5.92 Å². The largest absolute Gasteiger partial charge is 0.493 e. The van der Waals surface area contributed by atoms with Gasteiger partial charge in [0.15, 0.2) is 0 Å². The summed E-state index contributed by atoms with van der Waals surface area (Å²) < 4.78 is 33.5. The highest BCUT2D eigenvalue weighted by molar-refractivity contribution is 9.10. The second-order valence-electron chi connectivity index (χ2n) is 7.55. The van der Waals surface area contributed by atoms with Crippen molar-refractivity contribution < 1.29 is 17.9 Å². The lowest BCUT2D eigenvalue weighted by molar-refractivity contribution is 0.102. The molecule has 0 aromatic heterocycles. The molecule has 2 rings (SSSR count). The molecule has 0 unspecified atom stereocenters. The third-order valence-corrected chi connectivity index (χ3v) is 6.89. The van der Waals surface area contributed by atoms with Gasteiger partial charge >= 0.3 is 0 Å². The highest BCUT2D eigenvalue weighted by Gasteiger charge is 2.22. The molecular formula is C24H29BrN2O4S. The van der Waals surface area contributed by atoms with Crippen LogP contribution in [0.15, 0.2) is 77.1 Å². The Morgan fingerprint density at radius 3 is 2.31 bits per heavy atom. The molecule has 0 bridgehead atoms. The zero-order chi connectivity index (χ0) is 23.7. The van der Waals surface area contributed by atoms with Crippen molar-refractivity contribution in [3.05, 3.63) is 77.8 Å². The van der Waals surface area contributed by atoms with E-state index in [1.54, 1.807) is 24.3 Å². The van der Waals surface area contributed by atoms with E-state index in [4.69, 9.17) is 4.74 Å². The fraction of sp³-hybridized carbons (Fsp3) is 0.292. The molecule has 0 aliphatic heterocycles. The topological polar surface area (TPSA) is 75.7 Å². The molecule has 0 aliphatic carbocycles. The molecule has 0 saturated carbocycles. The number of nitrogens with zero attached hydrogens (tertiary/aromatic N) is 1. The number of rotatable bonds is 12. The molecule has 0 fully saturated rings. The van der Waals surface area contributed by atoms with Gasteiger partial charge in [-0.05, 0) is 54.8 Å². The maximum absolute atomic E-state index is 12.9. The number of sulfonamides is 1. The van der Waals surface area contributed by atoms with Gasteiger partial charge in [0, 0.05) is 23.2 Å². The molecule has 0 radical (unpaired) electrons. The van der Waals surface area contributed by atoms with Crippen LogP contribution in [0.4, 0.5) is 5.69 Å². The maximum atomic E-state index is 12.9. The zero-order valence-corrected chi connectivity index (χ0v) is 20.8. The van der Waals surface area contributed by atoms with E-state index in [0.29, 0.717) is 29.5 Å². The first kappa shape index (κ1) is 25.8. The average Bonchev–Trinajstić information content (AvgIpc) is 2.74. The summed E-state index contributed by atoms with van der Waals surface area (Å²) in [6.45, 7) is 12.3. The van der Waals surface area contributed by atoms with Crippen molar-refractivity contribution in [3.63, 3.8) is 0 Å². The Bertz CT molecular complexity index is 1040. The van der Waals surface area contributed by atoms with E-state index in [1.165, 1.54) is 28.6 Å². The molecule has 6 nitrogen and oxygen atoms in total. The molecule has 2 aromatic rings. The molecule has 32 heavy (non-hydrogen) atoms. The number of carbonyl (C=O) groups excluding carboxylic acids is 1. The molecule has 1 N–H and O–H groups in total. The Hall–Kier alpha value is -2.42. The summed E-state index contributed by atoms with van der Waals surface area (Å²) in [4.78, 5) is 13.0. The SMILES string of the molecule is C=CCN(CC=C)S(=O)(=O)c1ccc(NC(=O)c2cc(Br)ccc2OCCC(C)C)cc1. The van der Waals surface area contributed by atoms with E-state index in [1.807, 2.05) is 6.07 Å². The van der Waals surface area contributed by atoms with Crippen molar-refractivity contribution in [2.24, 2.45) is 5.92 Å². The van der Waals surface area contributed by atoms with Crippen molar-refractivity contribution in [1.29, 1.82) is 0 Å². The first-order valence-corrected chi connectivity index (χ1v) is 12.5. The molecule has 0 spiro atoms. The Kier molecular flexibility index (Phi) is 9.68. The van der Waals surface area contributed by atoms with Gasteiger partial charge in [-0.15, -0.1) is 13.2 Å². The summed E-state index contributed by atoms with van der Waals surface area (Å²) in [5.74, 6) is 0.642. The lowest BCUT2D eigenvalue weighted by Gasteiger charge is -2.19. The van der Waals surface area contributed by atoms with Gasteiger partial charge in [-0.3, -0.25) is 4.79 Å². The Labute approximate surface area is 199 Å². The standard InChI is InChI=1S/C24H29BrN2O4S/c1-5-14-27(15-6-2)32(29,30)21-10-8-20(9-11-21)26-24(28)22-17-19(25)7-12-23(22)31-16-13-18(3)4/h5-12,17-18H,1-2,13-16H2,3-4H3,(H,26,28). The van der Waals surface area contributed by atoms with Crippen LogP contribution in [-0.2, 0) is 10.0 Å². The second-order valence-corrected chi connectivity index (χ2v) is 10.4. The lowest BCUT2D eigenvalue weighted by atomic mass is 10.1. The number of nitrogens with one attached hydrogen (secondary N) is 1. The quantitative estimate of drug-likeness (QED) is 0.375. The van der Waals surface area contributed by atoms with E-state index < -0.39 is 10.0 Å². The molecule has 0 atom stereocenters. The van der Waals surface area contributed by atoms with Crippen molar-refractivity contribution in [2.45, 2.75) is 25.2 Å². The van der Waals surface area contributed by atoms with Crippen molar-refractivity contribution in [2.75, 3.05) is 25.0 Å². The van der Waals surface area contributed by atoms with E-state index in [2.05, 4.69) is 48.3 Å². The fourth-order valence-electron chi connectivity index (χ4n) is 2.83. The van der Waals surface area contributed by atoms with Gasteiger partial charge in [0.05, 0.1) is 17.1 Å². The lowest BCUT2D eigenvalue weighted by Crippen LogP contribution is -2.31. The van der Waals surface area contributed by atoms with Gasteiger partial charge in [0.2, 0.25) is 10.0 Å². The highest BCUT2D eigenvalue weighted by Crippen LogP contribution is 2.25. The van der Waals surface area contributed by atoms with E-state index in [-0.39, 0.29) is 23.9 Å². The summed E-state index contributed by atoms with van der Waals surface area (Å²) >= 11 is 3.39. The van der Waals surface area contributed by atoms with E-state index in [0.717, 1.165) is 10.9 Å². The van der Waals surface area contributed by atoms with Gasteiger partial charge in [-0.25, -0.2) is 8.42 Å². The van der Waals surface area contributed by atoms with Crippen molar-refractivity contribution in [1.82, 2.24) is 4.31 Å². The van der Waals surface area contributed by atoms with Crippen molar-refractivity contribution in [3.8, 4) is 5.75 Å². The molecule has 1 amide bonds. The molecule has 0 heterocycles. The van der Waals surface area contributed by atoms with Crippen LogP contribution in [0.5, 0.6) is 5.75 Å². The first-order valence-electron chi connectivity index (χ1n) is 10.2. The molecule has 2 aromatic carbocycles. The zero-order valence-electron chi connectivity index (χ0n) is 18.4. The van der Waals surface area contributed by atoms with Crippen LogP contribution >= 0.6 is 15.9 Å². The Morgan fingerprint density at radius 1 is 1.12 bits per heavy atom. The Balaban J connectivity index is 2.19. The summed E-state index contributed by atoms with van der Waals surface area (Å²) in [5.41, 5.74) is 0.865. The summed E-state index contributed by atoms with van der Waals surface area (Å²) in [7, 11) is -3.70. The number of halogens is 1. The van der Waals surface area contributed by atoms with E-state index in [9.17, 15) is 13.2 Å². The minimum absolute atomic E-state index is 0.124. The fourth-order valence-corrected chi connectivity index (χ4v) is 4.57. The first-order chi connectivity index (χ1) is 15.2. The summed E-state index contributed by atoms with van der Waals surface area (Å²) in [5, 5.41) is 2.80. The third kappa shape index (κ3) is 7.05. The predicted molar refractivity (Wildman–Crippen MR) is 133 cm³/mol. The predicted octanol–water partition coefficient (Wildman–Crippen LogP) is 5.49. The van der Waals surface area contributed by atoms with Crippen LogP contribution < -0.4 is 10.1 Å². The van der Waals surface area contributed by atoms with Gasteiger partial charge in [0.1, 0.15) is 5.75 Å². The van der Waals surface area contributed by atoms with E-state index >= 15 is 0 Å². The van der Waals surface area contributed by atoms with Crippen LogP contribution in [0.25, 0.3) is 0 Å². The monoisotopic (exact) mass is 520 g/mol. The molecule has 8 heteroatoms. The van der Waals surface area contributed by atoms with Crippen LogP contribution in [0.1, 0.15) is 30.6 Å². The molecule has 0 aliphatic rings. The third-order valence-electron chi connectivity index (χ3n) is 4.55. The molecular weight excluding hydrogens is 492 g/mol. The number of carbonyl (C=O) groups is 1. The average molecular weight is 521 g/mol. The smallest absolute Gasteiger partial charge is 0.259 e. The molecule has 172 valence electrons. The van der Waals surface area contributed by atoms with Gasteiger partial charge in [0.25, 0.3) is 5.91 Å². The van der Waals surface area contributed by atoms with Crippen LogP contribution in [0.3, 0.4) is 0 Å². The van der Waals surface area contributed by atoms with Crippen LogP contribution in [-0.4, -0.2) is 38.3 Å². The van der Waals surface area contributed by atoms with Gasteiger partial charge < -0.3 is 10.1 Å². The normalized spacial score (nSPS) is 11.4. The minimum Gasteiger partial charge on any atom is -0.493 e. The number of benzene rings is 2. The van der Waals surface area contributed by atoms with Crippen LogP contribution in [0.2, 0.25) is 0 Å². The second kappa shape index (κ2) is 12.0. The summed E-state index contributed by atoms with van der Waals surface area (Å²) in [6, 6.07) is 11.3. The number of hydrogen-bond acceptors (Lipinski definition) is 4. The number of hydrogen-bond donors (Lipinski definition) is 1. The number of amides is 1. The number of anilines is 1. The Morgan fingerprint density at radius 2 is 1.75 bits per heavy atom. The maximum Gasteiger partial charge on any atom is 0.259 e. The van der Waals surface area contributed by atoms with Crippen molar-refractivity contribution >= 4 is 37.5 Å². The number of ether oxygens (including phenoxy) is 1. The minimum atomic E-state index is -3.70. The van der Waals surface area contributed by atoms with Gasteiger partial charge in [-0.1, -0.05) is 41.9 Å².